The quantitative estimate of drug-likeness (QED) is 0.566. The molecule has 1 aliphatic heterocycles. The third-order valence-corrected chi connectivity index (χ3v) is 4.25. The Morgan fingerprint density at radius 3 is 2.54 bits per heavy atom. The summed E-state index contributed by atoms with van der Waals surface area (Å²) in [5, 5.41) is 10.2. The first-order valence-corrected chi connectivity index (χ1v) is 8.76. The molecule has 0 saturated carbocycles. The van der Waals surface area contributed by atoms with Crippen LogP contribution in [0.25, 0.3) is 0 Å². The van der Waals surface area contributed by atoms with E-state index in [9.17, 15) is 9.90 Å². The average Bonchev–Trinajstić information content (AvgIpc) is 2.52. The van der Waals surface area contributed by atoms with Gasteiger partial charge in [-0.1, -0.05) is 30.3 Å². The third kappa shape index (κ3) is 4.59. The van der Waals surface area contributed by atoms with Crippen LogP contribution in [0.15, 0.2) is 30.3 Å². The van der Waals surface area contributed by atoms with Crippen molar-refractivity contribution >= 4 is 29.1 Å². The number of morpholine rings is 1. The van der Waals surface area contributed by atoms with Crippen molar-refractivity contribution in [3.63, 3.8) is 0 Å². The van der Waals surface area contributed by atoms with Gasteiger partial charge in [-0.15, -0.1) is 0 Å². The molecule has 1 amide bonds. The zero-order valence-electron chi connectivity index (χ0n) is 14.3. The van der Waals surface area contributed by atoms with E-state index in [1.54, 1.807) is 27.9 Å². The highest BCUT2D eigenvalue weighted by molar-refractivity contribution is 14.1. The molecule has 1 N–H and O–H groups in total. The number of ether oxygens (including phenoxy) is 2. The van der Waals surface area contributed by atoms with Crippen LogP contribution in [0, 0.1) is 0 Å². The zero-order chi connectivity index (χ0) is 17.9. The fraction of sp³-hybridized carbons (Fsp3) is 0.588. The predicted octanol–water partition coefficient (Wildman–Crippen LogP) is 3.44. The van der Waals surface area contributed by atoms with Gasteiger partial charge in [0.05, 0.1) is 18.7 Å². The Labute approximate surface area is 156 Å². The second kappa shape index (κ2) is 7.99. The summed E-state index contributed by atoms with van der Waals surface area (Å²) < 4.78 is 16.4. The Bertz CT molecular complexity index is 548. The van der Waals surface area contributed by atoms with E-state index in [1.165, 1.54) is 0 Å². The number of hydrogen-bond donors (Lipinski definition) is 1. The van der Waals surface area contributed by atoms with E-state index in [-0.39, 0.29) is 6.04 Å². The third-order valence-electron chi connectivity index (χ3n) is 3.73. The van der Waals surface area contributed by atoms with Crippen LogP contribution in [0.3, 0.4) is 0 Å². The molecule has 0 bridgehead atoms. The summed E-state index contributed by atoms with van der Waals surface area (Å²) in [5.41, 5.74) is 0.247. The fourth-order valence-electron chi connectivity index (χ4n) is 2.75. The van der Waals surface area contributed by atoms with Gasteiger partial charge in [0.15, 0.2) is 6.29 Å². The van der Waals surface area contributed by atoms with Gasteiger partial charge < -0.3 is 14.6 Å². The first kappa shape index (κ1) is 19.4. The van der Waals surface area contributed by atoms with Crippen LogP contribution in [-0.4, -0.2) is 46.7 Å². The van der Waals surface area contributed by atoms with Crippen LogP contribution in [0.4, 0.5) is 4.79 Å². The summed E-state index contributed by atoms with van der Waals surface area (Å²) in [6.07, 6.45) is -2.29. The molecule has 2 rings (SSSR count). The van der Waals surface area contributed by atoms with Crippen molar-refractivity contribution < 1.29 is 22.4 Å². The second-order valence-electron chi connectivity index (χ2n) is 6.87. The van der Waals surface area contributed by atoms with E-state index in [1.807, 2.05) is 58.0 Å². The Balaban J connectivity index is 2.40. The minimum absolute atomic E-state index is 0.192. The molecule has 1 aromatic carbocycles. The lowest BCUT2D eigenvalue weighted by Gasteiger charge is -2.46. The SMILES string of the molecule is CC1CO[C@@H](C(O)OI)[C@H](c2ccccc2)N1C(=O)OC(C)(C)C. The highest BCUT2D eigenvalue weighted by atomic mass is 127. The largest absolute Gasteiger partial charge is 0.444 e. The number of nitrogens with zero attached hydrogens (tertiary/aromatic N) is 1. The Hall–Kier alpha value is -0.900. The molecule has 6 nitrogen and oxygen atoms in total. The van der Waals surface area contributed by atoms with Crippen molar-refractivity contribution in [2.75, 3.05) is 6.61 Å². The van der Waals surface area contributed by atoms with Gasteiger partial charge >= 0.3 is 6.09 Å². The van der Waals surface area contributed by atoms with Crippen molar-refractivity contribution in [3.05, 3.63) is 35.9 Å². The van der Waals surface area contributed by atoms with E-state index >= 15 is 0 Å². The maximum Gasteiger partial charge on any atom is 0.411 e. The molecule has 2 unspecified atom stereocenters. The van der Waals surface area contributed by atoms with Crippen LogP contribution in [0.1, 0.15) is 39.3 Å². The monoisotopic (exact) mass is 449 g/mol. The summed E-state index contributed by atoms with van der Waals surface area (Å²) in [6.45, 7) is 7.67. The first-order chi connectivity index (χ1) is 11.2. The first-order valence-electron chi connectivity index (χ1n) is 7.88. The van der Waals surface area contributed by atoms with Crippen LogP contribution in [0.2, 0.25) is 0 Å². The minimum Gasteiger partial charge on any atom is -0.444 e. The molecule has 134 valence electrons. The van der Waals surface area contributed by atoms with Gasteiger partial charge in [-0.2, -0.15) is 0 Å². The number of halogens is 1. The van der Waals surface area contributed by atoms with Gasteiger partial charge in [-0.25, -0.2) is 4.79 Å². The number of aliphatic hydroxyl groups is 1. The second-order valence-corrected chi connectivity index (χ2v) is 7.38. The fourth-order valence-corrected chi connectivity index (χ4v) is 3.04. The molecule has 0 radical (unpaired) electrons. The Kier molecular flexibility index (Phi) is 6.46. The maximum atomic E-state index is 12.8. The highest BCUT2D eigenvalue weighted by Gasteiger charge is 2.45. The smallest absolute Gasteiger partial charge is 0.411 e. The van der Waals surface area contributed by atoms with E-state index in [0.717, 1.165) is 5.56 Å². The summed E-state index contributed by atoms with van der Waals surface area (Å²) in [4.78, 5) is 14.4. The summed E-state index contributed by atoms with van der Waals surface area (Å²) >= 11 is 1.63. The van der Waals surface area contributed by atoms with Crippen molar-refractivity contribution in [2.24, 2.45) is 0 Å². The van der Waals surface area contributed by atoms with Gasteiger partial charge in [0, 0.05) is 0 Å². The number of benzene rings is 1. The van der Waals surface area contributed by atoms with Crippen LogP contribution >= 0.6 is 23.0 Å². The molecule has 1 saturated heterocycles. The van der Waals surface area contributed by atoms with Gasteiger partial charge in [0.25, 0.3) is 0 Å². The van der Waals surface area contributed by atoms with E-state index in [4.69, 9.17) is 12.5 Å². The molecular weight excluding hydrogens is 425 g/mol. The molecular formula is C17H24INO5. The lowest BCUT2D eigenvalue weighted by Crippen LogP contribution is -2.57. The van der Waals surface area contributed by atoms with Crippen molar-refractivity contribution in [1.82, 2.24) is 4.90 Å². The van der Waals surface area contributed by atoms with Crippen molar-refractivity contribution in [2.45, 2.75) is 57.8 Å². The van der Waals surface area contributed by atoms with E-state index in [0.29, 0.717) is 6.61 Å². The van der Waals surface area contributed by atoms with Gasteiger partial charge in [0.2, 0.25) is 0 Å². The minimum atomic E-state index is -1.16. The predicted molar refractivity (Wildman–Crippen MR) is 97.6 cm³/mol. The maximum absolute atomic E-state index is 12.8. The number of carbonyl (C=O) groups is 1. The van der Waals surface area contributed by atoms with Gasteiger partial charge in [-0.05, 0) is 33.3 Å². The molecule has 0 aliphatic carbocycles. The molecule has 4 atom stereocenters. The molecule has 7 heteroatoms. The lowest BCUT2D eigenvalue weighted by atomic mass is 9.96. The van der Waals surface area contributed by atoms with Crippen LogP contribution in [0.5, 0.6) is 0 Å². The number of hydrogen-bond acceptors (Lipinski definition) is 5. The molecule has 1 aliphatic rings. The van der Waals surface area contributed by atoms with Crippen molar-refractivity contribution in [3.8, 4) is 0 Å². The molecule has 1 fully saturated rings. The molecule has 1 heterocycles. The lowest BCUT2D eigenvalue weighted by molar-refractivity contribution is -0.180. The molecule has 1 aromatic rings. The zero-order valence-corrected chi connectivity index (χ0v) is 16.5. The number of carbonyl (C=O) groups excluding carboxylic acids is 1. The average molecular weight is 449 g/mol. The van der Waals surface area contributed by atoms with Crippen LogP contribution in [-0.2, 0) is 12.5 Å². The molecule has 0 aromatic heterocycles. The molecule has 0 spiro atoms. The number of amides is 1. The van der Waals surface area contributed by atoms with E-state index in [2.05, 4.69) is 0 Å². The van der Waals surface area contributed by atoms with Gasteiger partial charge in [-0.3, -0.25) is 7.97 Å². The van der Waals surface area contributed by atoms with E-state index < -0.39 is 30.1 Å². The standard InChI is InChI=1S/C17H24INO5/c1-11-10-22-14(15(20)24-18)13(12-8-6-5-7-9-12)19(11)16(21)23-17(2,3)4/h5-9,11,13-15,20H,10H2,1-4H3/t11?,13-,14+,15?/m0/s1. The highest BCUT2D eigenvalue weighted by Crippen LogP contribution is 2.35. The van der Waals surface area contributed by atoms with Crippen LogP contribution < -0.4 is 0 Å². The Morgan fingerprint density at radius 2 is 2.00 bits per heavy atom. The van der Waals surface area contributed by atoms with Gasteiger partial charge in [0.1, 0.15) is 34.7 Å². The number of rotatable bonds is 3. The summed E-state index contributed by atoms with van der Waals surface area (Å²) in [7, 11) is 0. The number of aliphatic hydroxyl groups excluding tert-OH is 1. The molecule has 24 heavy (non-hydrogen) atoms. The normalized spacial score (nSPS) is 26.1. The summed E-state index contributed by atoms with van der Waals surface area (Å²) in [6, 6.07) is 8.77. The topological polar surface area (TPSA) is 68.2 Å². The van der Waals surface area contributed by atoms with Crippen molar-refractivity contribution in [1.29, 1.82) is 0 Å². The summed E-state index contributed by atoms with van der Waals surface area (Å²) in [5.74, 6) is 0. The Morgan fingerprint density at radius 1 is 1.38 bits per heavy atom.